The van der Waals surface area contributed by atoms with Crippen LogP contribution in [0.4, 0.5) is 15.8 Å². The second-order valence-electron chi connectivity index (χ2n) is 4.72. The van der Waals surface area contributed by atoms with E-state index in [0.717, 1.165) is 17.7 Å². The van der Waals surface area contributed by atoms with Gasteiger partial charge in [-0.3, -0.25) is 14.5 Å². The van der Waals surface area contributed by atoms with Crippen molar-refractivity contribution in [2.75, 3.05) is 4.90 Å². The summed E-state index contributed by atoms with van der Waals surface area (Å²) in [4.78, 5) is 24.6. The first-order valence-electron chi connectivity index (χ1n) is 6.61. The lowest BCUT2D eigenvalue weighted by molar-refractivity contribution is -0.115. The lowest BCUT2D eigenvalue weighted by Crippen LogP contribution is -2.24. The Morgan fingerprint density at radius 2 is 1.73 bits per heavy atom. The standard InChI is InChI=1S/C17H15FN2O2/c1-12-3-2-4-15(11-12)20(17(22)10-9-16(19)21)14-7-5-13(18)6-8-14/h2-11H,1H3,(H2,19,21)/b10-9-. The fourth-order valence-electron chi connectivity index (χ4n) is 1.99. The molecule has 0 atom stereocenters. The predicted octanol–water partition coefficient (Wildman–Crippen LogP) is 2.84. The highest BCUT2D eigenvalue weighted by atomic mass is 19.1. The van der Waals surface area contributed by atoms with Gasteiger partial charge in [-0.05, 0) is 48.9 Å². The predicted molar refractivity (Wildman–Crippen MR) is 83.1 cm³/mol. The van der Waals surface area contributed by atoms with Crippen molar-refractivity contribution in [2.45, 2.75) is 6.92 Å². The number of hydrogen-bond acceptors (Lipinski definition) is 2. The molecule has 4 nitrogen and oxygen atoms in total. The van der Waals surface area contributed by atoms with Gasteiger partial charge in [0.25, 0.3) is 5.91 Å². The first kappa shape index (κ1) is 15.4. The number of aryl methyl sites for hydroxylation is 1. The van der Waals surface area contributed by atoms with E-state index in [1.807, 2.05) is 25.1 Å². The molecule has 2 rings (SSSR count). The van der Waals surface area contributed by atoms with Crippen LogP contribution in [0.25, 0.3) is 0 Å². The van der Waals surface area contributed by atoms with Gasteiger partial charge in [-0.25, -0.2) is 4.39 Å². The zero-order chi connectivity index (χ0) is 16.1. The van der Waals surface area contributed by atoms with E-state index in [1.54, 1.807) is 6.07 Å². The quantitative estimate of drug-likeness (QED) is 0.882. The third-order valence-electron chi connectivity index (χ3n) is 2.96. The van der Waals surface area contributed by atoms with Crippen molar-refractivity contribution in [3.8, 4) is 0 Å². The number of rotatable bonds is 4. The van der Waals surface area contributed by atoms with Crippen LogP contribution in [-0.4, -0.2) is 11.8 Å². The Morgan fingerprint density at radius 1 is 1.05 bits per heavy atom. The smallest absolute Gasteiger partial charge is 0.255 e. The molecule has 0 bridgehead atoms. The average molecular weight is 298 g/mol. The number of nitrogens with two attached hydrogens (primary N) is 1. The molecule has 2 amide bonds. The summed E-state index contributed by atoms with van der Waals surface area (Å²) in [5, 5.41) is 0. The van der Waals surface area contributed by atoms with E-state index in [2.05, 4.69) is 0 Å². The van der Waals surface area contributed by atoms with Gasteiger partial charge in [0, 0.05) is 23.5 Å². The van der Waals surface area contributed by atoms with E-state index < -0.39 is 17.6 Å². The fourth-order valence-corrected chi connectivity index (χ4v) is 1.99. The summed E-state index contributed by atoms with van der Waals surface area (Å²) in [6, 6.07) is 12.8. The minimum Gasteiger partial charge on any atom is -0.366 e. The number of benzene rings is 2. The Morgan fingerprint density at radius 3 is 2.32 bits per heavy atom. The maximum atomic E-state index is 13.1. The molecule has 112 valence electrons. The summed E-state index contributed by atoms with van der Waals surface area (Å²) in [6.07, 6.45) is 2.09. The summed E-state index contributed by atoms with van der Waals surface area (Å²) in [5.74, 6) is -1.55. The number of halogens is 1. The third-order valence-corrected chi connectivity index (χ3v) is 2.96. The van der Waals surface area contributed by atoms with Gasteiger partial charge in [-0.2, -0.15) is 0 Å². The minimum absolute atomic E-state index is 0.395. The van der Waals surface area contributed by atoms with Gasteiger partial charge in [0.05, 0.1) is 0 Å². The molecule has 0 aliphatic carbocycles. The van der Waals surface area contributed by atoms with Crippen molar-refractivity contribution in [3.05, 3.63) is 72.1 Å². The van der Waals surface area contributed by atoms with Crippen molar-refractivity contribution in [1.82, 2.24) is 0 Å². The summed E-state index contributed by atoms with van der Waals surface area (Å²) < 4.78 is 13.1. The molecule has 2 N–H and O–H groups in total. The molecular weight excluding hydrogens is 283 g/mol. The van der Waals surface area contributed by atoms with Crippen molar-refractivity contribution >= 4 is 23.2 Å². The molecule has 0 saturated heterocycles. The van der Waals surface area contributed by atoms with E-state index in [9.17, 15) is 14.0 Å². The largest absolute Gasteiger partial charge is 0.366 e. The Kier molecular flexibility index (Phi) is 4.68. The fraction of sp³-hybridized carbons (Fsp3) is 0.0588. The molecular formula is C17H15FN2O2. The zero-order valence-corrected chi connectivity index (χ0v) is 12.0. The number of carbonyl (C=O) groups excluding carboxylic acids is 2. The molecule has 2 aromatic rings. The number of nitrogens with zero attached hydrogens (tertiary/aromatic N) is 1. The maximum Gasteiger partial charge on any atom is 0.255 e. The number of carbonyl (C=O) groups is 2. The van der Waals surface area contributed by atoms with Crippen LogP contribution >= 0.6 is 0 Å². The number of hydrogen-bond donors (Lipinski definition) is 1. The maximum absolute atomic E-state index is 13.1. The minimum atomic E-state index is -0.711. The summed E-state index contributed by atoms with van der Waals surface area (Å²) in [6.45, 7) is 1.90. The zero-order valence-electron chi connectivity index (χ0n) is 12.0. The SMILES string of the molecule is Cc1cccc(N(C(=O)/C=C\C(N)=O)c2ccc(F)cc2)c1. The lowest BCUT2D eigenvalue weighted by atomic mass is 10.1. The summed E-state index contributed by atoms with van der Waals surface area (Å²) >= 11 is 0. The molecule has 5 heteroatoms. The van der Waals surface area contributed by atoms with Gasteiger partial charge in [-0.1, -0.05) is 12.1 Å². The van der Waals surface area contributed by atoms with Crippen molar-refractivity contribution in [3.63, 3.8) is 0 Å². The molecule has 0 heterocycles. The molecule has 0 spiro atoms. The lowest BCUT2D eigenvalue weighted by Gasteiger charge is -2.22. The Balaban J connectivity index is 2.46. The molecule has 0 fully saturated rings. The van der Waals surface area contributed by atoms with Gasteiger partial charge in [0.2, 0.25) is 5.91 Å². The number of amides is 2. The van der Waals surface area contributed by atoms with Crippen molar-refractivity contribution in [1.29, 1.82) is 0 Å². The van der Waals surface area contributed by atoms with E-state index in [-0.39, 0.29) is 0 Å². The number of primary amides is 1. The van der Waals surface area contributed by atoms with E-state index in [4.69, 9.17) is 5.73 Å². The molecule has 0 saturated carbocycles. The van der Waals surface area contributed by atoms with E-state index >= 15 is 0 Å². The van der Waals surface area contributed by atoms with E-state index in [0.29, 0.717) is 11.4 Å². The van der Waals surface area contributed by atoms with Crippen LogP contribution in [0.15, 0.2) is 60.7 Å². The molecule has 0 aromatic heterocycles. The molecule has 22 heavy (non-hydrogen) atoms. The highest BCUT2D eigenvalue weighted by Crippen LogP contribution is 2.26. The van der Waals surface area contributed by atoms with Crippen LogP contribution < -0.4 is 10.6 Å². The summed E-state index contributed by atoms with van der Waals surface area (Å²) in [5.41, 5.74) is 7.09. The van der Waals surface area contributed by atoms with Gasteiger partial charge in [0.15, 0.2) is 0 Å². The second-order valence-corrected chi connectivity index (χ2v) is 4.72. The molecule has 2 aromatic carbocycles. The van der Waals surface area contributed by atoms with Crippen LogP contribution in [0.3, 0.4) is 0 Å². The molecule has 0 radical (unpaired) electrons. The first-order valence-corrected chi connectivity index (χ1v) is 6.61. The van der Waals surface area contributed by atoms with E-state index in [1.165, 1.54) is 29.2 Å². The third kappa shape index (κ3) is 3.79. The highest BCUT2D eigenvalue weighted by Gasteiger charge is 2.16. The molecule has 0 unspecified atom stereocenters. The van der Waals surface area contributed by atoms with Crippen molar-refractivity contribution in [2.24, 2.45) is 5.73 Å². The Labute approximate surface area is 127 Å². The highest BCUT2D eigenvalue weighted by molar-refractivity contribution is 6.09. The normalized spacial score (nSPS) is 10.6. The first-order chi connectivity index (χ1) is 10.5. The molecule has 0 aliphatic rings. The Bertz CT molecular complexity index is 724. The topological polar surface area (TPSA) is 63.4 Å². The van der Waals surface area contributed by atoms with Gasteiger partial charge >= 0.3 is 0 Å². The summed E-state index contributed by atoms with van der Waals surface area (Å²) in [7, 11) is 0. The van der Waals surface area contributed by atoms with Gasteiger partial charge in [0.1, 0.15) is 5.82 Å². The van der Waals surface area contributed by atoms with Gasteiger partial charge < -0.3 is 5.73 Å². The van der Waals surface area contributed by atoms with Crippen LogP contribution in [0, 0.1) is 12.7 Å². The van der Waals surface area contributed by atoms with Crippen LogP contribution in [0.2, 0.25) is 0 Å². The number of anilines is 2. The van der Waals surface area contributed by atoms with Crippen LogP contribution in [0.5, 0.6) is 0 Å². The Hall–Kier alpha value is -2.95. The monoisotopic (exact) mass is 298 g/mol. The van der Waals surface area contributed by atoms with Crippen LogP contribution in [-0.2, 0) is 9.59 Å². The average Bonchev–Trinajstić information content (AvgIpc) is 2.47. The van der Waals surface area contributed by atoms with Crippen molar-refractivity contribution < 1.29 is 14.0 Å². The molecule has 0 aliphatic heterocycles. The second kappa shape index (κ2) is 6.67. The van der Waals surface area contributed by atoms with Crippen LogP contribution in [0.1, 0.15) is 5.56 Å². The van der Waals surface area contributed by atoms with Gasteiger partial charge in [-0.15, -0.1) is 0 Å².